The third kappa shape index (κ3) is 2.34. The van der Waals surface area contributed by atoms with E-state index in [4.69, 9.17) is 5.11 Å². The number of nitrogens with one attached hydrogen (secondary N) is 1. The summed E-state index contributed by atoms with van der Waals surface area (Å²) in [5, 5.41) is 15.8. The van der Waals surface area contributed by atoms with Crippen molar-refractivity contribution in [1.29, 1.82) is 0 Å². The van der Waals surface area contributed by atoms with Crippen LogP contribution in [0, 0.1) is 19.8 Å². The third-order valence-corrected chi connectivity index (χ3v) is 3.45. The van der Waals surface area contributed by atoms with Gasteiger partial charge in [0, 0.05) is 25.4 Å². The summed E-state index contributed by atoms with van der Waals surface area (Å²) in [6.07, 6.45) is 1.77. The second-order valence-electron chi connectivity index (χ2n) is 4.73. The summed E-state index contributed by atoms with van der Waals surface area (Å²) >= 11 is 0. The van der Waals surface area contributed by atoms with E-state index in [1.165, 1.54) is 0 Å². The summed E-state index contributed by atoms with van der Waals surface area (Å²) in [5.41, 5.74) is 2.30. The van der Waals surface area contributed by atoms with Crippen LogP contribution in [0.4, 0.5) is 0 Å². The normalized spacial score (nSPS) is 19.9. The van der Waals surface area contributed by atoms with Crippen molar-refractivity contribution in [3.05, 3.63) is 17.0 Å². The molecule has 2 N–H and O–H groups in total. The van der Waals surface area contributed by atoms with Crippen LogP contribution in [0.1, 0.15) is 34.6 Å². The molecule has 2 rings (SSSR count). The lowest BCUT2D eigenvalue weighted by molar-refractivity contribution is 0.0783. The molecule has 1 aliphatic heterocycles. The number of aryl methyl sites for hydroxylation is 2. The molecular weight excluding hydrogens is 218 g/mol. The van der Waals surface area contributed by atoms with E-state index in [-0.39, 0.29) is 12.5 Å². The predicted molar refractivity (Wildman–Crippen MR) is 63.8 cm³/mol. The number of aromatic amines is 1. The van der Waals surface area contributed by atoms with E-state index in [9.17, 15) is 4.79 Å². The molecule has 0 radical (unpaired) electrons. The van der Waals surface area contributed by atoms with Crippen molar-refractivity contribution in [1.82, 2.24) is 15.1 Å². The van der Waals surface area contributed by atoms with Gasteiger partial charge in [0.05, 0.1) is 11.3 Å². The van der Waals surface area contributed by atoms with Crippen LogP contribution >= 0.6 is 0 Å². The standard InChI is InChI=1S/C12H19N3O2/c1-8-11(9(2)14-13-8)12(17)15-5-3-10(7-15)4-6-16/h10,16H,3-7H2,1-2H3,(H,13,14). The number of carbonyl (C=O) groups excluding carboxylic acids is 1. The van der Waals surface area contributed by atoms with Crippen LogP contribution in [0.2, 0.25) is 0 Å². The number of hydrogen-bond donors (Lipinski definition) is 2. The van der Waals surface area contributed by atoms with Crippen molar-refractivity contribution in [3.63, 3.8) is 0 Å². The number of nitrogens with zero attached hydrogens (tertiary/aromatic N) is 2. The SMILES string of the molecule is Cc1n[nH]c(C)c1C(=O)N1CCC(CCO)C1. The molecule has 1 amide bonds. The highest BCUT2D eigenvalue weighted by atomic mass is 16.3. The molecule has 5 heteroatoms. The highest BCUT2D eigenvalue weighted by Gasteiger charge is 2.28. The number of amides is 1. The highest BCUT2D eigenvalue weighted by Crippen LogP contribution is 2.22. The van der Waals surface area contributed by atoms with E-state index < -0.39 is 0 Å². The van der Waals surface area contributed by atoms with Crippen LogP contribution in [0.15, 0.2) is 0 Å². The molecule has 0 bridgehead atoms. The van der Waals surface area contributed by atoms with E-state index in [0.717, 1.165) is 37.3 Å². The van der Waals surface area contributed by atoms with Gasteiger partial charge in [0.15, 0.2) is 0 Å². The lowest BCUT2D eigenvalue weighted by Gasteiger charge is -2.16. The maximum absolute atomic E-state index is 12.3. The Bertz CT molecular complexity index is 394. The maximum atomic E-state index is 12.3. The molecule has 1 aromatic rings. The maximum Gasteiger partial charge on any atom is 0.257 e. The molecule has 1 atom stereocenters. The smallest absolute Gasteiger partial charge is 0.257 e. The quantitative estimate of drug-likeness (QED) is 0.819. The van der Waals surface area contributed by atoms with Crippen molar-refractivity contribution in [2.45, 2.75) is 26.7 Å². The summed E-state index contributed by atoms with van der Waals surface area (Å²) < 4.78 is 0. The zero-order valence-electron chi connectivity index (χ0n) is 10.4. The minimum Gasteiger partial charge on any atom is -0.396 e. The topological polar surface area (TPSA) is 69.2 Å². The van der Waals surface area contributed by atoms with Gasteiger partial charge in [-0.05, 0) is 32.6 Å². The molecule has 1 unspecified atom stereocenters. The summed E-state index contributed by atoms with van der Waals surface area (Å²) in [5.74, 6) is 0.505. The Kier molecular flexibility index (Phi) is 3.47. The Balaban J connectivity index is 2.07. The predicted octanol–water partition coefficient (Wildman–Crippen LogP) is 0.871. The zero-order chi connectivity index (χ0) is 12.4. The van der Waals surface area contributed by atoms with Gasteiger partial charge in [0.1, 0.15) is 0 Å². The molecule has 1 aliphatic rings. The summed E-state index contributed by atoms with van der Waals surface area (Å²) in [6.45, 7) is 5.46. The van der Waals surface area contributed by atoms with Gasteiger partial charge in [-0.1, -0.05) is 0 Å². The third-order valence-electron chi connectivity index (χ3n) is 3.45. The van der Waals surface area contributed by atoms with Gasteiger partial charge < -0.3 is 10.0 Å². The van der Waals surface area contributed by atoms with Crippen LogP contribution in [0.3, 0.4) is 0 Å². The van der Waals surface area contributed by atoms with Gasteiger partial charge in [0.25, 0.3) is 5.91 Å². The van der Waals surface area contributed by atoms with Crippen molar-refractivity contribution >= 4 is 5.91 Å². The molecule has 0 aromatic carbocycles. The van der Waals surface area contributed by atoms with Crippen molar-refractivity contribution < 1.29 is 9.90 Å². The van der Waals surface area contributed by atoms with Crippen LogP contribution in [0.25, 0.3) is 0 Å². The fourth-order valence-corrected chi connectivity index (χ4v) is 2.46. The second kappa shape index (κ2) is 4.87. The first-order valence-electron chi connectivity index (χ1n) is 6.05. The van der Waals surface area contributed by atoms with Crippen LogP contribution < -0.4 is 0 Å². The van der Waals surface area contributed by atoms with Crippen molar-refractivity contribution in [2.75, 3.05) is 19.7 Å². The number of aromatic nitrogens is 2. The minimum absolute atomic E-state index is 0.0641. The summed E-state index contributed by atoms with van der Waals surface area (Å²) in [6, 6.07) is 0. The Labute approximate surface area is 101 Å². The number of aliphatic hydroxyl groups is 1. The van der Waals surface area contributed by atoms with E-state index in [2.05, 4.69) is 10.2 Å². The molecule has 94 valence electrons. The fourth-order valence-electron chi connectivity index (χ4n) is 2.46. The molecular formula is C12H19N3O2. The lowest BCUT2D eigenvalue weighted by Crippen LogP contribution is -2.29. The minimum atomic E-state index is 0.0641. The molecule has 1 saturated heterocycles. The van der Waals surface area contributed by atoms with Crippen LogP contribution in [0.5, 0.6) is 0 Å². The van der Waals surface area contributed by atoms with E-state index in [1.807, 2.05) is 18.7 Å². The zero-order valence-corrected chi connectivity index (χ0v) is 10.4. The average Bonchev–Trinajstić information content (AvgIpc) is 2.87. The van der Waals surface area contributed by atoms with Crippen LogP contribution in [-0.4, -0.2) is 45.8 Å². The first-order valence-corrected chi connectivity index (χ1v) is 6.05. The highest BCUT2D eigenvalue weighted by molar-refractivity contribution is 5.96. The van der Waals surface area contributed by atoms with Gasteiger partial charge >= 0.3 is 0 Å². The van der Waals surface area contributed by atoms with Gasteiger partial charge in [-0.3, -0.25) is 9.89 Å². The molecule has 1 aromatic heterocycles. The van der Waals surface area contributed by atoms with Crippen molar-refractivity contribution in [2.24, 2.45) is 5.92 Å². The Morgan fingerprint density at radius 3 is 2.94 bits per heavy atom. The molecule has 5 nitrogen and oxygen atoms in total. The Morgan fingerprint density at radius 2 is 2.35 bits per heavy atom. The number of carbonyl (C=O) groups is 1. The fraction of sp³-hybridized carbons (Fsp3) is 0.667. The van der Waals surface area contributed by atoms with Gasteiger partial charge in [0.2, 0.25) is 0 Å². The van der Waals surface area contributed by atoms with Gasteiger partial charge in [-0.2, -0.15) is 5.10 Å². The second-order valence-corrected chi connectivity index (χ2v) is 4.73. The molecule has 0 spiro atoms. The molecule has 2 heterocycles. The number of aliphatic hydroxyl groups excluding tert-OH is 1. The first-order chi connectivity index (χ1) is 8.13. The molecule has 0 aliphatic carbocycles. The summed E-state index contributed by atoms with van der Waals surface area (Å²) in [7, 11) is 0. The largest absolute Gasteiger partial charge is 0.396 e. The molecule has 0 saturated carbocycles. The Morgan fingerprint density at radius 1 is 1.59 bits per heavy atom. The van der Waals surface area contributed by atoms with E-state index >= 15 is 0 Å². The van der Waals surface area contributed by atoms with Gasteiger partial charge in [-0.15, -0.1) is 0 Å². The number of hydrogen-bond acceptors (Lipinski definition) is 3. The molecule has 1 fully saturated rings. The first kappa shape index (κ1) is 12.1. The number of H-pyrrole nitrogens is 1. The Hall–Kier alpha value is -1.36. The number of likely N-dealkylation sites (tertiary alicyclic amines) is 1. The molecule has 17 heavy (non-hydrogen) atoms. The van der Waals surface area contributed by atoms with Crippen molar-refractivity contribution in [3.8, 4) is 0 Å². The van der Waals surface area contributed by atoms with Crippen LogP contribution in [-0.2, 0) is 0 Å². The average molecular weight is 237 g/mol. The van der Waals surface area contributed by atoms with E-state index in [1.54, 1.807) is 0 Å². The number of rotatable bonds is 3. The lowest BCUT2D eigenvalue weighted by atomic mass is 10.1. The summed E-state index contributed by atoms with van der Waals surface area (Å²) in [4.78, 5) is 14.2. The monoisotopic (exact) mass is 237 g/mol. The van der Waals surface area contributed by atoms with Gasteiger partial charge in [-0.25, -0.2) is 0 Å². The van der Waals surface area contributed by atoms with E-state index in [0.29, 0.717) is 11.5 Å².